The molecule has 184 valence electrons. The molecular weight excluding hydrogens is 596 g/mol. The smallest absolute Gasteiger partial charge is 0.167 e. The van der Waals surface area contributed by atoms with Gasteiger partial charge in [0.05, 0.1) is 0 Å². The Labute approximate surface area is 236 Å². The predicted octanol–water partition coefficient (Wildman–Crippen LogP) is 10.2. The summed E-state index contributed by atoms with van der Waals surface area (Å²) in [6, 6.07) is 32.2. The van der Waals surface area contributed by atoms with Crippen LogP contribution in [-0.2, 0) is 19.3 Å². The lowest BCUT2D eigenvalue weighted by molar-refractivity contribution is 0.0993. The van der Waals surface area contributed by atoms with Gasteiger partial charge in [-0.1, -0.05) is 130 Å². The molecule has 0 aliphatic heterocycles. The van der Waals surface area contributed by atoms with Crippen molar-refractivity contribution in [3.05, 3.63) is 139 Å². The second kappa shape index (κ2) is 14.3. The molecule has 4 heteroatoms. The number of halogens is 3. The molecule has 0 bridgehead atoms. The van der Waals surface area contributed by atoms with Crippen LogP contribution in [0.25, 0.3) is 11.1 Å². The van der Waals surface area contributed by atoms with Crippen LogP contribution in [-0.4, -0.2) is 5.78 Å². The van der Waals surface area contributed by atoms with Crippen LogP contribution in [0.3, 0.4) is 0 Å². The van der Waals surface area contributed by atoms with Gasteiger partial charge in [0.25, 0.3) is 0 Å². The summed E-state index contributed by atoms with van der Waals surface area (Å²) in [5, 5.41) is 0.764. The molecule has 0 unspecified atom stereocenters. The third kappa shape index (κ3) is 8.89. The summed E-state index contributed by atoms with van der Waals surface area (Å²) in [6.45, 7) is 4.26. The van der Waals surface area contributed by atoms with E-state index in [0.29, 0.717) is 6.42 Å². The van der Waals surface area contributed by atoms with Crippen molar-refractivity contribution in [2.45, 2.75) is 33.1 Å². The maximum absolute atomic E-state index is 12.1. The maximum atomic E-state index is 12.1. The van der Waals surface area contributed by atoms with Gasteiger partial charge in [-0.2, -0.15) is 0 Å². The molecule has 0 N–H and O–H groups in total. The highest BCUT2D eigenvalue weighted by Crippen LogP contribution is 2.23. The number of rotatable bonds is 7. The van der Waals surface area contributed by atoms with Gasteiger partial charge in [-0.15, -0.1) is 0 Å². The van der Waals surface area contributed by atoms with Crippen molar-refractivity contribution < 1.29 is 4.79 Å². The lowest BCUT2D eigenvalue weighted by Crippen LogP contribution is -2.03. The third-order valence-corrected chi connectivity index (χ3v) is 7.15. The summed E-state index contributed by atoms with van der Waals surface area (Å²) in [4.78, 5) is 12.1. The zero-order chi connectivity index (χ0) is 25.9. The van der Waals surface area contributed by atoms with E-state index < -0.39 is 0 Å². The van der Waals surface area contributed by atoms with Crippen molar-refractivity contribution in [3.63, 3.8) is 0 Å². The number of Topliss-reactive ketones (excluding diaryl/α,β-unsaturated/α-hetero) is 1. The average Bonchev–Trinajstić information content (AvgIpc) is 2.91. The Bertz CT molecular complexity index is 1270. The molecular formula is C32H29Br2ClO. The van der Waals surface area contributed by atoms with E-state index >= 15 is 0 Å². The number of ketones is 1. The molecule has 0 fully saturated rings. The summed E-state index contributed by atoms with van der Waals surface area (Å²) in [5.74, 6) is 0.167. The number of benzene rings is 4. The van der Waals surface area contributed by atoms with Crippen LogP contribution >= 0.6 is 43.5 Å². The van der Waals surface area contributed by atoms with Gasteiger partial charge >= 0.3 is 0 Å². The Hall–Kier alpha value is -2.46. The summed E-state index contributed by atoms with van der Waals surface area (Å²) >= 11 is 13.1. The quantitative estimate of drug-likeness (QED) is 0.148. The second-order valence-corrected chi connectivity index (χ2v) is 10.6. The summed E-state index contributed by atoms with van der Waals surface area (Å²) in [5.41, 5.74) is 6.57. The highest BCUT2D eigenvalue weighted by atomic mass is 79.9. The molecule has 0 saturated heterocycles. The monoisotopic (exact) mass is 622 g/mol. The van der Waals surface area contributed by atoms with Crippen molar-refractivity contribution in [1.29, 1.82) is 0 Å². The molecule has 4 rings (SSSR count). The first-order valence-corrected chi connectivity index (χ1v) is 13.9. The number of hydrogen-bond donors (Lipinski definition) is 0. The summed E-state index contributed by atoms with van der Waals surface area (Å²) in [6.07, 6.45) is 4.49. The van der Waals surface area contributed by atoms with Crippen LogP contribution in [0.4, 0.5) is 0 Å². The number of hydrogen-bond acceptors (Lipinski definition) is 1. The number of carbonyl (C=O) groups excluding carboxylic acids is 1. The minimum absolute atomic E-state index is 0.167. The van der Waals surface area contributed by atoms with E-state index in [2.05, 4.69) is 70.0 Å². The lowest BCUT2D eigenvalue weighted by Gasteiger charge is -2.03. The van der Waals surface area contributed by atoms with E-state index in [1.165, 1.54) is 11.1 Å². The van der Waals surface area contributed by atoms with Crippen molar-refractivity contribution >= 4 is 60.4 Å². The molecule has 0 radical (unpaired) electrons. The minimum Gasteiger partial charge on any atom is -0.294 e. The first-order chi connectivity index (χ1) is 17.4. The van der Waals surface area contributed by atoms with Crippen molar-refractivity contribution in [2.75, 3.05) is 0 Å². The topological polar surface area (TPSA) is 17.1 Å². The van der Waals surface area contributed by atoms with Crippen LogP contribution in [0.15, 0.2) is 106 Å². The highest BCUT2D eigenvalue weighted by Gasteiger charge is 2.07. The van der Waals surface area contributed by atoms with Gasteiger partial charge in [-0.05, 0) is 71.0 Å². The Kier molecular flexibility index (Phi) is 11.2. The zero-order valence-corrected chi connectivity index (χ0v) is 24.4. The van der Waals surface area contributed by atoms with E-state index in [4.69, 9.17) is 11.6 Å². The SMILES string of the molecule is CCc1ccc(/C(Cl)=C/c2ccc(Br)cc2)cc1.CCc1ccc(C(=O)Cc2ccc(Br)cc2)cc1. The minimum atomic E-state index is 0.167. The van der Waals surface area contributed by atoms with Gasteiger partial charge in [0.2, 0.25) is 0 Å². The molecule has 0 saturated carbocycles. The molecule has 0 aromatic heterocycles. The van der Waals surface area contributed by atoms with Crippen LogP contribution in [0.1, 0.15) is 52.0 Å². The van der Waals surface area contributed by atoms with Gasteiger partial charge in [0.1, 0.15) is 0 Å². The first-order valence-electron chi connectivity index (χ1n) is 12.0. The van der Waals surface area contributed by atoms with E-state index in [9.17, 15) is 4.79 Å². The van der Waals surface area contributed by atoms with Crippen molar-refractivity contribution in [1.82, 2.24) is 0 Å². The summed E-state index contributed by atoms with van der Waals surface area (Å²) < 4.78 is 2.11. The van der Waals surface area contributed by atoms with Crippen molar-refractivity contribution in [2.24, 2.45) is 0 Å². The van der Waals surface area contributed by atoms with E-state index in [0.717, 1.165) is 49.1 Å². The molecule has 0 aliphatic carbocycles. The number of carbonyl (C=O) groups is 1. The standard InChI is InChI=1S/C16H14BrCl.C16H15BrO/c2*1-2-12-3-7-14(8-4-12)16(18)11-13-5-9-15(17)10-6-13/h3-11H,2H2,1H3;3-10H,2,11H2,1H3/b16-11-;. The molecule has 36 heavy (non-hydrogen) atoms. The van der Waals surface area contributed by atoms with Crippen LogP contribution in [0.5, 0.6) is 0 Å². The Balaban J connectivity index is 0.000000201. The lowest BCUT2D eigenvalue weighted by atomic mass is 10.0. The van der Waals surface area contributed by atoms with E-state index in [-0.39, 0.29) is 5.78 Å². The second-order valence-electron chi connectivity index (χ2n) is 8.37. The predicted molar refractivity (Wildman–Crippen MR) is 162 cm³/mol. The van der Waals surface area contributed by atoms with Gasteiger partial charge in [0, 0.05) is 26.0 Å². The largest absolute Gasteiger partial charge is 0.294 e. The van der Waals surface area contributed by atoms with E-state index in [1.807, 2.05) is 78.9 Å². The Morgan fingerprint density at radius 3 is 1.53 bits per heavy atom. The fourth-order valence-corrected chi connectivity index (χ4v) is 4.29. The van der Waals surface area contributed by atoms with Gasteiger partial charge in [-0.3, -0.25) is 4.79 Å². The molecule has 0 spiro atoms. The molecule has 0 amide bonds. The molecule has 4 aromatic carbocycles. The molecule has 4 aromatic rings. The normalized spacial score (nSPS) is 11.0. The summed E-state index contributed by atoms with van der Waals surface area (Å²) in [7, 11) is 0. The van der Waals surface area contributed by atoms with Crippen LogP contribution in [0, 0.1) is 0 Å². The zero-order valence-electron chi connectivity index (χ0n) is 20.5. The number of aryl methyl sites for hydroxylation is 2. The fraction of sp³-hybridized carbons (Fsp3) is 0.156. The van der Waals surface area contributed by atoms with E-state index in [1.54, 1.807) is 0 Å². The average molecular weight is 625 g/mol. The van der Waals surface area contributed by atoms with Crippen molar-refractivity contribution in [3.8, 4) is 0 Å². The first kappa shape index (κ1) is 28.1. The van der Waals surface area contributed by atoms with Gasteiger partial charge in [-0.25, -0.2) is 0 Å². The van der Waals surface area contributed by atoms with Gasteiger partial charge in [0.15, 0.2) is 5.78 Å². The molecule has 1 nitrogen and oxygen atoms in total. The molecule has 0 atom stereocenters. The molecule has 0 heterocycles. The third-order valence-electron chi connectivity index (χ3n) is 5.76. The Morgan fingerprint density at radius 1 is 0.639 bits per heavy atom. The van der Waals surface area contributed by atoms with Gasteiger partial charge < -0.3 is 0 Å². The highest BCUT2D eigenvalue weighted by molar-refractivity contribution is 9.10. The fourth-order valence-electron chi connectivity index (χ4n) is 3.50. The van der Waals surface area contributed by atoms with Crippen LogP contribution in [0.2, 0.25) is 0 Å². The maximum Gasteiger partial charge on any atom is 0.167 e. The van der Waals surface area contributed by atoms with Crippen LogP contribution < -0.4 is 0 Å². The molecule has 0 aliphatic rings. The Morgan fingerprint density at radius 2 is 1.06 bits per heavy atom.